The Kier molecular flexibility index (Phi) is 7.31. The number of non-ortho nitro benzene ring substituents is 1. The number of carbonyl (C=O) groups is 2. The Balaban J connectivity index is 1.58. The van der Waals surface area contributed by atoms with Crippen LogP contribution in [-0.4, -0.2) is 60.0 Å². The third-order valence-corrected chi connectivity index (χ3v) is 5.50. The zero-order valence-electron chi connectivity index (χ0n) is 16.5. The fourth-order valence-electron chi connectivity index (χ4n) is 3.18. The number of nitrogens with one attached hydrogen (secondary N) is 2. The van der Waals surface area contributed by atoms with Gasteiger partial charge in [0.15, 0.2) is 5.13 Å². The van der Waals surface area contributed by atoms with Gasteiger partial charge in [0.25, 0.3) is 11.6 Å². The molecule has 2 heterocycles. The van der Waals surface area contributed by atoms with Gasteiger partial charge in [-0.1, -0.05) is 0 Å². The molecule has 2 N–H and O–H groups in total. The van der Waals surface area contributed by atoms with Gasteiger partial charge < -0.3 is 20.3 Å². The quantitative estimate of drug-likeness (QED) is 0.372. The van der Waals surface area contributed by atoms with E-state index in [4.69, 9.17) is 4.74 Å². The summed E-state index contributed by atoms with van der Waals surface area (Å²) in [5.41, 5.74) is 0.950. The highest BCUT2D eigenvalue weighted by atomic mass is 32.1. The number of nitrogens with zero attached hydrogens (tertiary/aromatic N) is 3. The van der Waals surface area contributed by atoms with Crippen molar-refractivity contribution in [2.24, 2.45) is 5.92 Å². The van der Waals surface area contributed by atoms with Crippen molar-refractivity contribution < 1.29 is 19.2 Å². The molecule has 3 rings (SSSR count). The number of rotatable bonds is 8. The van der Waals surface area contributed by atoms with Crippen molar-refractivity contribution in [2.75, 3.05) is 38.7 Å². The summed E-state index contributed by atoms with van der Waals surface area (Å²) in [4.78, 5) is 41.4. The van der Waals surface area contributed by atoms with Crippen molar-refractivity contribution in [2.45, 2.75) is 12.8 Å². The van der Waals surface area contributed by atoms with E-state index in [2.05, 4.69) is 15.6 Å². The van der Waals surface area contributed by atoms with Crippen LogP contribution in [0.2, 0.25) is 0 Å². The third-order valence-electron chi connectivity index (χ3n) is 4.74. The summed E-state index contributed by atoms with van der Waals surface area (Å²) in [6, 6.07) is 5.96. The van der Waals surface area contributed by atoms with E-state index >= 15 is 0 Å². The van der Waals surface area contributed by atoms with Gasteiger partial charge >= 0.3 is 0 Å². The second kappa shape index (κ2) is 10.1. The van der Waals surface area contributed by atoms with Gasteiger partial charge in [0.2, 0.25) is 5.91 Å². The van der Waals surface area contributed by atoms with Crippen LogP contribution in [0.15, 0.2) is 29.6 Å². The Morgan fingerprint density at radius 3 is 2.83 bits per heavy atom. The number of carbonyl (C=O) groups excluding carboxylic acids is 2. The van der Waals surface area contributed by atoms with Crippen molar-refractivity contribution in [3.05, 3.63) is 45.5 Å². The molecule has 1 fully saturated rings. The van der Waals surface area contributed by atoms with Crippen LogP contribution in [0.25, 0.3) is 0 Å². The highest BCUT2D eigenvalue weighted by molar-refractivity contribution is 7.14. The van der Waals surface area contributed by atoms with E-state index in [1.54, 1.807) is 29.5 Å². The lowest BCUT2D eigenvalue weighted by Crippen LogP contribution is -2.46. The molecule has 0 unspecified atom stereocenters. The summed E-state index contributed by atoms with van der Waals surface area (Å²) in [7, 11) is 1.58. The topological polar surface area (TPSA) is 127 Å². The predicted molar refractivity (Wildman–Crippen MR) is 112 cm³/mol. The molecule has 10 nitrogen and oxygen atoms in total. The molecule has 0 aliphatic carbocycles. The molecule has 160 valence electrons. The molecule has 0 saturated carbocycles. The van der Waals surface area contributed by atoms with Gasteiger partial charge in [-0.05, 0) is 25.0 Å². The molecule has 1 aliphatic heterocycles. The van der Waals surface area contributed by atoms with Crippen molar-refractivity contribution in [1.29, 1.82) is 0 Å². The number of amides is 2. The number of anilines is 2. The highest BCUT2D eigenvalue weighted by Crippen LogP contribution is 2.25. The summed E-state index contributed by atoms with van der Waals surface area (Å²) in [5, 5.41) is 18.8. The minimum absolute atomic E-state index is 0.00136. The SMILES string of the molecule is COCCNC(=O)[C@H]1CCCN(C(=O)c2csc(Nc3ccc([N+](=O)[O-])cc3)n2)C1. The normalized spacial score (nSPS) is 16.2. The van der Waals surface area contributed by atoms with Gasteiger partial charge in [0, 0.05) is 49.9 Å². The van der Waals surface area contributed by atoms with Crippen LogP contribution in [0.4, 0.5) is 16.5 Å². The van der Waals surface area contributed by atoms with Crippen LogP contribution in [-0.2, 0) is 9.53 Å². The monoisotopic (exact) mass is 433 g/mol. The van der Waals surface area contributed by atoms with Gasteiger partial charge in [-0.15, -0.1) is 11.3 Å². The van der Waals surface area contributed by atoms with Gasteiger partial charge in [-0.25, -0.2) is 4.98 Å². The summed E-state index contributed by atoms with van der Waals surface area (Å²) in [5.74, 6) is -0.517. The van der Waals surface area contributed by atoms with E-state index in [1.807, 2.05) is 0 Å². The Morgan fingerprint density at radius 1 is 1.37 bits per heavy atom. The average Bonchev–Trinajstić information content (AvgIpc) is 3.22. The number of hydrogen-bond donors (Lipinski definition) is 2. The summed E-state index contributed by atoms with van der Waals surface area (Å²) >= 11 is 1.27. The molecule has 2 aromatic rings. The number of aromatic nitrogens is 1. The smallest absolute Gasteiger partial charge is 0.273 e. The number of benzene rings is 1. The van der Waals surface area contributed by atoms with Crippen molar-refractivity contribution in [3.63, 3.8) is 0 Å². The van der Waals surface area contributed by atoms with Crippen molar-refractivity contribution in [1.82, 2.24) is 15.2 Å². The number of nitro groups is 1. The lowest BCUT2D eigenvalue weighted by atomic mass is 9.97. The number of nitro benzene ring substituents is 1. The van der Waals surface area contributed by atoms with Crippen LogP contribution in [0, 0.1) is 16.0 Å². The predicted octanol–water partition coefficient (Wildman–Crippen LogP) is 2.41. The zero-order valence-corrected chi connectivity index (χ0v) is 17.3. The third kappa shape index (κ3) is 5.51. The first-order chi connectivity index (χ1) is 14.5. The van der Waals surface area contributed by atoms with Crippen LogP contribution in [0.5, 0.6) is 0 Å². The van der Waals surface area contributed by atoms with E-state index in [0.717, 1.165) is 12.8 Å². The maximum absolute atomic E-state index is 12.8. The number of hydrogen-bond acceptors (Lipinski definition) is 8. The highest BCUT2D eigenvalue weighted by Gasteiger charge is 2.29. The molecule has 1 atom stereocenters. The lowest BCUT2D eigenvalue weighted by Gasteiger charge is -2.31. The molecule has 0 bridgehead atoms. The molecule has 30 heavy (non-hydrogen) atoms. The fourth-order valence-corrected chi connectivity index (χ4v) is 3.88. The Morgan fingerprint density at radius 2 is 2.13 bits per heavy atom. The minimum Gasteiger partial charge on any atom is -0.383 e. The molecule has 11 heteroatoms. The molecular formula is C19H23N5O5S. The molecule has 0 radical (unpaired) electrons. The Labute approximate surface area is 177 Å². The molecule has 1 saturated heterocycles. The minimum atomic E-state index is -0.465. The maximum atomic E-state index is 12.8. The summed E-state index contributed by atoms with van der Waals surface area (Å²) < 4.78 is 4.94. The standard InChI is InChI=1S/C19H23N5O5S/c1-29-10-8-20-17(25)13-3-2-9-23(11-13)18(26)16-12-30-19(22-16)21-14-4-6-15(7-5-14)24(27)28/h4-7,12-13H,2-3,8-11H2,1H3,(H,20,25)(H,21,22)/t13-/m0/s1. The molecule has 1 aromatic carbocycles. The molecular weight excluding hydrogens is 410 g/mol. The number of piperidine rings is 1. The second-order valence-electron chi connectivity index (χ2n) is 6.84. The van der Waals surface area contributed by atoms with Crippen molar-refractivity contribution >= 4 is 39.7 Å². The molecule has 1 aliphatic rings. The van der Waals surface area contributed by atoms with Gasteiger partial charge in [0.05, 0.1) is 17.4 Å². The van der Waals surface area contributed by atoms with Gasteiger partial charge in [0.1, 0.15) is 5.69 Å². The van der Waals surface area contributed by atoms with Crippen LogP contribution >= 0.6 is 11.3 Å². The number of ether oxygens (including phenoxy) is 1. The van der Waals surface area contributed by atoms with E-state index < -0.39 is 4.92 Å². The molecule has 2 amide bonds. The first kappa shape index (κ1) is 21.7. The van der Waals surface area contributed by atoms with Crippen LogP contribution in [0.1, 0.15) is 23.3 Å². The Hall–Kier alpha value is -3.05. The first-order valence-corrected chi connectivity index (χ1v) is 10.4. The van der Waals surface area contributed by atoms with Crippen molar-refractivity contribution in [3.8, 4) is 0 Å². The van der Waals surface area contributed by atoms with E-state index in [-0.39, 0.29) is 23.4 Å². The zero-order chi connectivity index (χ0) is 21.5. The van der Waals surface area contributed by atoms with Crippen LogP contribution < -0.4 is 10.6 Å². The number of likely N-dealkylation sites (tertiary alicyclic amines) is 1. The molecule has 1 aromatic heterocycles. The number of methoxy groups -OCH3 is 1. The average molecular weight is 433 g/mol. The second-order valence-corrected chi connectivity index (χ2v) is 7.70. The van der Waals surface area contributed by atoms with E-state index in [9.17, 15) is 19.7 Å². The van der Waals surface area contributed by atoms with E-state index in [1.165, 1.54) is 23.5 Å². The summed E-state index contributed by atoms with van der Waals surface area (Å²) in [6.07, 6.45) is 1.50. The van der Waals surface area contributed by atoms with Gasteiger partial charge in [-0.2, -0.15) is 0 Å². The Bertz CT molecular complexity index is 901. The van der Waals surface area contributed by atoms with Crippen LogP contribution in [0.3, 0.4) is 0 Å². The first-order valence-electron chi connectivity index (χ1n) is 9.51. The van der Waals surface area contributed by atoms with Gasteiger partial charge in [-0.3, -0.25) is 19.7 Å². The van der Waals surface area contributed by atoms with E-state index in [0.29, 0.717) is 42.8 Å². The largest absolute Gasteiger partial charge is 0.383 e. The fraction of sp³-hybridized carbons (Fsp3) is 0.421. The number of thiazole rings is 1. The summed E-state index contributed by atoms with van der Waals surface area (Å²) in [6.45, 7) is 1.84. The lowest BCUT2D eigenvalue weighted by molar-refractivity contribution is -0.384. The maximum Gasteiger partial charge on any atom is 0.273 e. The molecule has 0 spiro atoms.